The average molecular weight is 323 g/mol. The molecule has 24 heavy (non-hydrogen) atoms. The maximum atomic E-state index is 12.4. The average Bonchev–Trinajstić information content (AvgIpc) is 2.59. The van der Waals surface area contributed by atoms with Crippen LogP contribution < -0.4 is 10.1 Å². The van der Waals surface area contributed by atoms with Crippen molar-refractivity contribution in [2.75, 3.05) is 18.5 Å². The van der Waals surface area contributed by atoms with Crippen LogP contribution in [0.15, 0.2) is 54.6 Å². The normalized spacial score (nSPS) is 9.38. The lowest BCUT2D eigenvalue weighted by molar-refractivity contribution is -0.139. The van der Waals surface area contributed by atoms with E-state index in [1.54, 1.807) is 24.3 Å². The molecular weight excluding hydrogens is 306 g/mol. The predicted octanol–water partition coefficient (Wildman–Crippen LogP) is 2.88. The highest BCUT2D eigenvalue weighted by molar-refractivity contribution is 6.06. The third kappa shape index (κ3) is 5.50. The lowest BCUT2D eigenvalue weighted by Crippen LogP contribution is -2.13. The van der Waals surface area contributed by atoms with Crippen LogP contribution in [0.3, 0.4) is 0 Å². The Morgan fingerprint density at radius 2 is 1.62 bits per heavy atom. The summed E-state index contributed by atoms with van der Waals surface area (Å²) in [6.07, 6.45) is 0. The Bertz CT molecular complexity index is 760. The molecule has 2 rings (SSSR count). The van der Waals surface area contributed by atoms with Gasteiger partial charge in [0.1, 0.15) is 12.4 Å². The van der Waals surface area contributed by atoms with Crippen LogP contribution in [0.25, 0.3) is 0 Å². The standard InChI is InChI=1S/C19H17NO4/c1-15(21)23-13-7-8-14-24-18-12-6-5-11-17(18)19(22)20-16-9-3-2-4-10-16/h2-6,9-12H,13-14H2,1H3,(H,20,22). The molecular formula is C19H17NO4. The quantitative estimate of drug-likeness (QED) is 0.679. The van der Waals surface area contributed by atoms with Gasteiger partial charge in [-0.1, -0.05) is 42.2 Å². The predicted molar refractivity (Wildman–Crippen MR) is 90.7 cm³/mol. The number of ether oxygens (including phenoxy) is 2. The van der Waals surface area contributed by atoms with Crippen molar-refractivity contribution in [3.63, 3.8) is 0 Å². The third-order valence-corrected chi connectivity index (χ3v) is 2.94. The van der Waals surface area contributed by atoms with Crippen molar-refractivity contribution in [1.82, 2.24) is 0 Å². The Labute approximate surface area is 140 Å². The van der Waals surface area contributed by atoms with Crippen LogP contribution in [0.5, 0.6) is 5.75 Å². The maximum Gasteiger partial charge on any atom is 0.303 e. The molecule has 1 amide bonds. The zero-order valence-electron chi connectivity index (χ0n) is 13.2. The van der Waals surface area contributed by atoms with Crippen LogP contribution >= 0.6 is 0 Å². The number of rotatable bonds is 5. The van der Waals surface area contributed by atoms with Gasteiger partial charge in [-0.25, -0.2) is 0 Å². The maximum absolute atomic E-state index is 12.4. The number of nitrogens with one attached hydrogen (secondary N) is 1. The molecule has 5 nitrogen and oxygen atoms in total. The van der Waals surface area contributed by atoms with E-state index in [4.69, 9.17) is 9.47 Å². The van der Waals surface area contributed by atoms with Gasteiger partial charge >= 0.3 is 5.97 Å². The summed E-state index contributed by atoms with van der Waals surface area (Å²) in [4.78, 5) is 23.0. The summed E-state index contributed by atoms with van der Waals surface area (Å²) in [5, 5.41) is 2.81. The highest BCUT2D eigenvalue weighted by Crippen LogP contribution is 2.19. The van der Waals surface area contributed by atoms with Gasteiger partial charge < -0.3 is 14.8 Å². The second-order valence-electron chi connectivity index (χ2n) is 4.74. The van der Waals surface area contributed by atoms with Crippen molar-refractivity contribution in [2.24, 2.45) is 0 Å². The van der Waals surface area contributed by atoms with Gasteiger partial charge in [-0.3, -0.25) is 9.59 Å². The zero-order chi connectivity index (χ0) is 17.2. The van der Waals surface area contributed by atoms with Crippen LogP contribution in [0.1, 0.15) is 17.3 Å². The molecule has 0 aromatic heterocycles. The minimum absolute atomic E-state index is 0.0227. The molecule has 0 unspecified atom stereocenters. The van der Waals surface area contributed by atoms with E-state index >= 15 is 0 Å². The Kier molecular flexibility index (Phi) is 6.42. The van der Waals surface area contributed by atoms with Crippen LogP contribution in [-0.2, 0) is 9.53 Å². The van der Waals surface area contributed by atoms with Gasteiger partial charge in [0.25, 0.3) is 5.91 Å². The number of esters is 1. The highest BCUT2D eigenvalue weighted by Gasteiger charge is 2.11. The summed E-state index contributed by atoms with van der Waals surface area (Å²) in [5.41, 5.74) is 1.13. The van der Waals surface area contributed by atoms with Gasteiger partial charge in [0.05, 0.1) is 5.56 Å². The van der Waals surface area contributed by atoms with Crippen LogP contribution in [0.2, 0.25) is 0 Å². The Morgan fingerprint density at radius 3 is 2.38 bits per heavy atom. The van der Waals surface area contributed by atoms with E-state index in [1.807, 2.05) is 30.3 Å². The third-order valence-electron chi connectivity index (χ3n) is 2.94. The van der Waals surface area contributed by atoms with Crippen LogP contribution in [0.4, 0.5) is 5.69 Å². The first-order chi connectivity index (χ1) is 11.7. The largest absolute Gasteiger partial charge is 0.480 e. The highest BCUT2D eigenvalue weighted by atomic mass is 16.5. The van der Waals surface area contributed by atoms with Crippen LogP contribution in [0, 0.1) is 11.8 Å². The van der Waals surface area contributed by atoms with Gasteiger partial charge in [0, 0.05) is 12.6 Å². The minimum atomic E-state index is -0.381. The smallest absolute Gasteiger partial charge is 0.303 e. The molecule has 2 aromatic rings. The van der Waals surface area contributed by atoms with Gasteiger partial charge in [-0.15, -0.1) is 0 Å². The molecule has 0 saturated carbocycles. The zero-order valence-corrected chi connectivity index (χ0v) is 13.2. The number of hydrogen-bond acceptors (Lipinski definition) is 4. The summed E-state index contributed by atoms with van der Waals surface area (Å²) in [6.45, 7) is 1.44. The summed E-state index contributed by atoms with van der Waals surface area (Å²) in [7, 11) is 0. The fraction of sp³-hybridized carbons (Fsp3) is 0.158. The van der Waals surface area contributed by atoms with Crippen molar-refractivity contribution in [3.8, 4) is 17.6 Å². The molecule has 1 N–H and O–H groups in total. The molecule has 0 bridgehead atoms. The molecule has 0 aliphatic rings. The van der Waals surface area contributed by atoms with Crippen molar-refractivity contribution >= 4 is 17.6 Å². The lowest BCUT2D eigenvalue weighted by atomic mass is 10.2. The summed E-state index contributed by atoms with van der Waals surface area (Å²) in [5.74, 6) is 5.18. The summed E-state index contributed by atoms with van der Waals surface area (Å²) < 4.78 is 10.2. The fourth-order valence-electron chi connectivity index (χ4n) is 1.85. The van der Waals surface area contributed by atoms with Gasteiger partial charge in [-0.2, -0.15) is 0 Å². The van der Waals surface area contributed by atoms with Gasteiger partial charge in [0.2, 0.25) is 0 Å². The molecule has 0 atom stereocenters. The molecule has 0 spiro atoms. The van der Waals surface area contributed by atoms with E-state index in [-0.39, 0.29) is 25.1 Å². The topological polar surface area (TPSA) is 64.6 Å². The number of anilines is 1. The van der Waals surface area contributed by atoms with E-state index < -0.39 is 0 Å². The SMILES string of the molecule is CC(=O)OCC#CCOc1ccccc1C(=O)Nc1ccccc1. The van der Waals surface area contributed by atoms with Gasteiger partial charge in [-0.05, 0) is 24.3 Å². The molecule has 5 heteroatoms. The van der Waals surface area contributed by atoms with Crippen molar-refractivity contribution in [1.29, 1.82) is 0 Å². The first-order valence-electron chi connectivity index (χ1n) is 7.34. The molecule has 0 saturated heterocycles. The van der Waals surface area contributed by atoms with Crippen molar-refractivity contribution in [2.45, 2.75) is 6.92 Å². The molecule has 0 heterocycles. The Hall–Kier alpha value is -3.26. The molecule has 0 aliphatic heterocycles. The number of carbonyl (C=O) groups is 2. The van der Waals surface area contributed by atoms with E-state index in [0.29, 0.717) is 17.0 Å². The first kappa shape index (κ1) is 17.1. The van der Waals surface area contributed by atoms with Crippen LogP contribution in [-0.4, -0.2) is 25.1 Å². The van der Waals surface area contributed by atoms with E-state index in [1.165, 1.54) is 6.92 Å². The number of carbonyl (C=O) groups excluding carboxylic acids is 2. The summed E-state index contributed by atoms with van der Waals surface area (Å²) in [6, 6.07) is 16.1. The first-order valence-corrected chi connectivity index (χ1v) is 7.34. The van der Waals surface area contributed by atoms with Crippen molar-refractivity contribution in [3.05, 3.63) is 60.2 Å². The van der Waals surface area contributed by atoms with E-state index in [2.05, 4.69) is 17.2 Å². The number of hydrogen-bond donors (Lipinski definition) is 1. The van der Waals surface area contributed by atoms with E-state index in [9.17, 15) is 9.59 Å². The number of amides is 1. The molecule has 0 fully saturated rings. The second-order valence-corrected chi connectivity index (χ2v) is 4.74. The Balaban J connectivity index is 1.97. The second kappa shape index (κ2) is 9.01. The molecule has 0 aliphatic carbocycles. The van der Waals surface area contributed by atoms with Gasteiger partial charge in [0.15, 0.2) is 6.61 Å². The lowest BCUT2D eigenvalue weighted by Gasteiger charge is -2.10. The molecule has 2 aromatic carbocycles. The number of para-hydroxylation sites is 2. The molecule has 122 valence electrons. The Morgan fingerprint density at radius 1 is 0.958 bits per heavy atom. The fourth-order valence-corrected chi connectivity index (χ4v) is 1.85. The minimum Gasteiger partial charge on any atom is -0.480 e. The van der Waals surface area contributed by atoms with E-state index in [0.717, 1.165) is 0 Å². The van der Waals surface area contributed by atoms with Crippen molar-refractivity contribution < 1.29 is 19.1 Å². The molecule has 0 radical (unpaired) electrons. The monoisotopic (exact) mass is 323 g/mol. The number of benzene rings is 2. The summed E-state index contributed by atoms with van der Waals surface area (Å²) >= 11 is 0.